The highest BCUT2D eigenvalue weighted by atomic mass is 79.9. The Labute approximate surface area is 124 Å². The highest BCUT2D eigenvalue weighted by molar-refractivity contribution is 9.10. The molecule has 1 rings (SSSR count). The Hall–Kier alpha value is 0.01000. The van der Waals surface area contributed by atoms with Gasteiger partial charge in [-0.3, -0.25) is 0 Å². The van der Waals surface area contributed by atoms with E-state index in [2.05, 4.69) is 54.9 Å². The van der Waals surface area contributed by atoms with Crippen molar-refractivity contribution in [2.45, 2.75) is 51.0 Å². The third-order valence-electron chi connectivity index (χ3n) is 3.26. The van der Waals surface area contributed by atoms with Crippen molar-refractivity contribution in [1.82, 2.24) is 0 Å². The van der Waals surface area contributed by atoms with Gasteiger partial charge in [0.15, 0.2) is 0 Å². The molecule has 1 aromatic carbocycles. The summed E-state index contributed by atoms with van der Waals surface area (Å²) in [5.74, 6) is 1.95. The minimum absolute atomic E-state index is 0.272. The largest absolute Gasteiger partial charge is 0.327 e. The molecule has 0 heterocycles. The molecule has 0 aromatic heterocycles. The Bertz CT molecular complexity index is 368. The van der Waals surface area contributed by atoms with E-state index in [4.69, 9.17) is 5.73 Å². The molecule has 0 radical (unpaired) electrons. The highest BCUT2D eigenvalue weighted by Gasteiger charge is 2.09. The first-order valence-corrected chi connectivity index (χ1v) is 8.51. The Kier molecular flexibility index (Phi) is 7.35. The number of benzene rings is 1. The Morgan fingerprint density at radius 3 is 2.61 bits per heavy atom. The first-order chi connectivity index (χ1) is 8.56. The van der Waals surface area contributed by atoms with Crippen LogP contribution < -0.4 is 5.73 Å². The van der Waals surface area contributed by atoms with Crippen molar-refractivity contribution in [2.75, 3.05) is 5.75 Å². The van der Waals surface area contributed by atoms with Crippen molar-refractivity contribution in [3.63, 3.8) is 0 Å². The van der Waals surface area contributed by atoms with Crippen molar-refractivity contribution in [1.29, 1.82) is 0 Å². The Balaban J connectivity index is 2.76. The average molecular weight is 330 g/mol. The van der Waals surface area contributed by atoms with Crippen LogP contribution in [0, 0.1) is 5.92 Å². The van der Waals surface area contributed by atoms with E-state index < -0.39 is 0 Å². The number of hydrogen-bond donors (Lipinski definition) is 1. The number of thioether (sulfide) groups is 1. The topological polar surface area (TPSA) is 26.0 Å². The number of nitrogens with two attached hydrogens (primary N) is 1. The Morgan fingerprint density at radius 1 is 1.28 bits per heavy atom. The third-order valence-corrected chi connectivity index (χ3v) is 5.18. The van der Waals surface area contributed by atoms with Crippen LogP contribution in [-0.4, -0.2) is 11.8 Å². The van der Waals surface area contributed by atoms with Crippen LogP contribution in [0.4, 0.5) is 0 Å². The maximum Gasteiger partial charge on any atom is 0.0186 e. The van der Waals surface area contributed by atoms with Crippen LogP contribution in [-0.2, 0) is 6.42 Å². The number of halogens is 1. The van der Waals surface area contributed by atoms with Gasteiger partial charge in [-0.25, -0.2) is 0 Å². The van der Waals surface area contributed by atoms with Crippen LogP contribution in [0.5, 0.6) is 0 Å². The van der Waals surface area contributed by atoms with E-state index in [9.17, 15) is 0 Å². The fraction of sp³-hybridized carbons (Fsp3) is 0.600. The van der Waals surface area contributed by atoms with Gasteiger partial charge >= 0.3 is 0 Å². The summed E-state index contributed by atoms with van der Waals surface area (Å²) in [5.41, 5.74) is 7.46. The molecule has 2 atom stereocenters. The molecule has 0 aliphatic carbocycles. The van der Waals surface area contributed by atoms with Crippen molar-refractivity contribution in [2.24, 2.45) is 11.7 Å². The number of rotatable bonds is 7. The molecule has 0 spiro atoms. The van der Waals surface area contributed by atoms with Crippen LogP contribution >= 0.6 is 27.7 Å². The zero-order chi connectivity index (χ0) is 13.5. The summed E-state index contributed by atoms with van der Waals surface area (Å²) in [6.45, 7) is 6.71. The van der Waals surface area contributed by atoms with Gasteiger partial charge in [-0.2, -0.15) is 0 Å². The lowest BCUT2D eigenvalue weighted by Gasteiger charge is -2.15. The lowest BCUT2D eigenvalue weighted by atomic mass is 10.1. The molecule has 2 N–H and O–H groups in total. The predicted molar refractivity (Wildman–Crippen MR) is 86.3 cm³/mol. The molecule has 0 amide bonds. The van der Waals surface area contributed by atoms with Crippen molar-refractivity contribution < 1.29 is 0 Å². The molecule has 0 saturated heterocycles. The van der Waals surface area contributed by atoms with Crippen LogP contribution in [0.15, 0.2) is 27.6 Å². The minimum atomic E-state index is 0.272. The molecule has 0 aliphatic rings. The maximum absolute atomic E-state index is 6.07. The molecule has 1 nitrogen and oxygen atoms in total. The molecule has 0 fully saturated rings. The third kappa shape index (κ3) is 5.33. The SMILES string of the molecule is CCC(C)CSc1cc(Br)ccc1CC(N)CC. The summed E-state index contributed by atoms with van der Waals surface area (Å²) < 4.78 is 1.16. The van der Waals surface area contributed by atoms with Crippen LogP contribution in [0.3, 0.4) is 0 Å². The van der Waals surface area contributed by atoms with Crippen LogP contribution in [0.1, 0.15) is 39.2 Å². The second-order valence-corrected chi connectivity index (χ2v) is 6.93. The van der Waals surface area contributed by atoms with Crippen LogP contribution in [0.2, 0.25) is 0 Å². The zero-order valence-electron chi connectivity index (χ0n) is 11.6. The van der Waals surface area contributed by atoms with E-state index in [1.807, 2.05) is 11.8 Å². The summed E-state index contributed by atoms with van der Waals surface area (Å²) in [4.78, 5) is 1.38. The first kappa shape index (κ1) is 16.1. The van der Waals surface area contributed by atoms with Crippen molar-refractivity contribution in [3.05, 3.63) is 28.2 Å². The molecule has 18 heavy (non-hydrogen) atoms. The van der Waals surface area contributed by atoms with Gasteiger partial charge in [-0.1, -0.05) is 49.2 Å². The number of hydrogen-bond acceptors (Lipinski definition) is 2. The molecular formula is C15H24BrNS. The van der Waals surface area contributed by atoms with Crippen molar-refractivity contribution in [3.8, 4) is 0 Å². The molecule has 0 bridgehead atoms. The molecular weight excluding hydrogens is 306 g/mol. The van der Waals surface area contributed by atoms with E-state index >= 15 is 0 Å². The fourth-order valence-electron chi connectivity index (χ4n) is 1.61. The van der Waals surface area contributed by atoms with E-state index in [1.54, 1.807) is 0 Å². The monoisotopic (exact) mass is 329 g/mol. The van der Waals surface area contributed by atoms with E-state index in [0.717, 1.165) is 23.2 Å². The minimum Gasteiger partial charge on any atom is -0.327 e. The standard InChI is InChI=1S/C15H24BrNS/c1-4-11(3)10-18-15-9-13(16)7-6-12(15)8-14(17)5-2/h6-7,9,11,14H,4-5,8,10,17H2,1-3H3. The van der Waals surface area contributed by atoms with Gasteiger partial charge in [-0.15, -0.1) is 11.8 Å². The molecule has 0 saturated carbocycles. The highest BCUT2D eigenvalue weighted by Crippen LogP contribution is 2.29. The first-order valence-electron chi connectivity index (χ1n) is 6.73. The fourth-order valence-corrected chi connectivity index (χ4v) is 3.37. The predicted octanol–water partition coefficient (Wildman–Crippen LogP) is 4.87. The molecule has 102 valence electrons. The van der Waals surface area contributed by atoms with Gasteiger partial charge in [-0.05, 0) is 36.5 Å². The van der Waals surface area contributed by atoms with Gasteiger partial charge in [0.05, 0.1) is 0 Å². The summed E-state index contributed by atoms with van der Waals surface area (Å²) in [5, 5.41) is 0. The summed E-state index contributed by atoms with van der Waals surface area (Å²) in [6.07, 6.45) is 3.25. The summed E-state index contributed by atoms with van der Waals surface area (Å²) in [7, 11) is 0. The zero-order valence-corrected chi connectivity index (χ0v) is 14.0. The van der Waals surface area contributed by atoms with Gasteiger partial charge < -0.3 is 5.73 Å². The molecule has 1 aromatic rings. The van der Waals surface area contributed by atoms with E-state index in [-0.39, 0.29) is 6.04 Å². The average Bonchev–Trinajstić information content (AvgIpc) is 2.38. The van der Waals surface area contributed by atoms with Gasteiger partial charge in [0.2, 0.25) is 0 Å². The Morgan fingerprint density at radius 2 is 2.00 bits per heavy atom. The quantitative estimate of drug-likeness (QED) is 0.722. The normalized spacial score (nSPS) is 14.5. The lowest BCUT2D eigenvalue weighted by molar-refractivity contribution is 0.634. The smallest absolute Gasteiger partial charge is 0.0186 e. The van der Waals surface area contributed by atoms with Gasteiger partial charge in [0, 0.05) is 21.2 Å². The van der Waals surface area contributed by atoms with E-state index in [1.165, 1.54) is 22.6 Å². The molecule has 3 heteroatoms. The van der Waals surface area contributed by atoms with Gasteiger partial charge in [0.1, 0.15) is 0 Å². The summed E-state index contributed by atoms with van der Waals surface area (Å²) >= 11 is 5.52. The second kappa shape index (κ2) is 8.23. The van der Waals surface area contributed by atoms with Crippen LogP contribution in [0.25, 0.3) is 0 Å². The van der Waals surface area contributed by atoms with Crippen molar-refractivity contribution >= 4 is 27.7 Å². The summed E-state index contributed by atoms with van der Waals surface area (Å²) in [6, 6.07) is 6.82. The molecule has 0 aliphatic heterocycles. The second-order valence-electron chi connectivity index (χ2n) is 4.95. The molecule has 2 unspecified atom stereocenters. The van der Waals surface area contributed by atoms with E-state index in [0.29, 0.717) is 0 Å². The lowest BCUT2D eigenvalue weighted by Crippen LogP contribution is -2.21. The van der Waals surface area contributed by atoms with Gasteiger partial charge in [0.25, 0.3) is 0 Å². The maximum atomic E-state index is 6.07.